The van der Waals surface area contributed by atoms with E-state index in [2.05, 4.69) is 5.16 Å². The first kappa shape index (κ1) is 15.1. The van der Waals surface area contributed by atoms with E-state index < -0.39 is 5.97 Å². The van der Waals surface area contributed by atoms with Gasteiger partial charge in [0, 0.05) is 5.56 Å². The first-order valence-corrected chi connectivity index (χ1v) is 7.11. The first-order chi connectivity index (χ1) is 11.1. The summed E-state index contributed by atoms with van der Waals surface area (Å²) in [6, 6.07) is 12.3. The molecule has 1 aliphatic heterocycles. The summed E-state index contributed by atoms with van der Waals surface area (Å²) in [6.45, 7) is 0. The zero-order valence-electron chi connectivity index (χ0n) is 12.1. The second-order valence-electron chi connectivity index (χ2n) is 4.80. The number of oxime groups is 1. The smallest absolute Gasteiger partial charge is 0.368 e. The maximum absolute atomic E-state index is 11.9. The van der Waals surface area contributed by atoms with Crippen LogP contribution in [0.3, 0.4) is 0 Å². The van der Waals surface area contributed by atoms with E-state index in [1.807, 2.05) is 30.3 Å². The molecular weight excluding hydrogens is 318 g/mol. The van der Waals surface area contributed by atoms with Gasteiger partial charge in [0.25, 0.3) is 0 Å². The molecule has 2 aromatic rings. The fourth-order valence-electron chi connectivity index (χ4n) is 2.21. The molecule has 0 fully saturated rings. The van der Waals surface area contributed by atoms with Crippen LogP contribution in [0.5, 0.6) is 11.5 Å². The molecule has 6 heteroatoms. The zero-order chi connectivity index (χ0) is 16.4. The van der Waals surface area contributed by atoms with Gasteiger partial charge in [-0.25, -0.2) is 4.79 Å². The molecule has 0 spiro atoms. The van der Waals surface area contributed by atoms with Gasteiger partial charge >= 0.3 is 5.97 Å². The molecule has 5 nitrogen and oxygen atoms in total. The number of nitrogens with zero attached hydrogens (tertiary/aromatic N) is 1. The number of ether oxygens (including phenoxy) is 1. The molecule has 3 rings (SSSR count). The van der Waals surface area contributed by atoms with Crippen molar-refractivity contribution in [2.45, 2.75) is 0 Å². The van der Waals surface area contributed by atoms with Crippen molar-refractivity contribution in [1.29, 1.82) is 0 Å². The molecule has 116 valence electrons. The molecule has 0 saturated carbocycles. The molecule has 0 unspecified atom stereocenters. The number of hydrogen-bond acceptors (Lipinski definition) is 5. The Morgan fingerprint density at radius 2 is 2.00 bits per heavy atom. The number of halogens is 1. The lowest BCUT2D eigenvalue weighted by Gasteiger charge is -2.07. The number of aromatic hydroxyl groups is 1. The Morgan fingerprint density at radius 1 is 1.26 bits per heavy atom. The summed E-state index contributed by atoms with van der Waals surface area (Å²) >= 11 is 5.97. The maximum atomic E-state index is 11.9. The first-order valence-electron chi connectivity index (χ1n) is 6.73. The second kappa shape index (κ2) is 6.14. The Labute approximate surface area is 137 Å². The lowest BCUT2D eigenvalue weighted by atomic mass is 10.0. The highest BCUT2D eigenvalue weighted by Gasteiger charge is 2.26. The summed E-state index contributed by atoms with van der Waals surface area (Å²) in [6.07, 6.45) is 1.59. The quantitative estimate of drug-likeness (QED) is 0.692. The molecule has 0 atom stereocenters. The molecule has 0 amide bonds. The summed E-state index contributed by atoms with van der Waals surface area (Å²) in [7, 11) is 1.42. The van der Waals surface area contributed by atoms with Gasteiger partial charge in [-0.3, -0.25) is 0 Å². The number of carbonyl (C=O) groups excluding carboxylic acids is 1. The lowest BCUT2D eigenvalue weighted by Crippen LogP contribution is -2.06. The van der Waals surface area contributed by atoms with Crippen LogP contribution in [0.4, 0.5) is 0 Å². The van der Waals surface area contributed by atoms with Crippen LogP contribution in [0.25, 0.3) is 6.08 Å². The van der Waals surface area contributed by atoms with Crippen LogP contribution in [0, 0.1) is 0 Å². The fraction of sp³-hybridized carbons (Fsp3) is 0.0588. The van der Waals surface area contributed by atoms with Crippen LogP contribution < -0.4 is 4.74 Å². The molecule has 0 aliphatic carbocycles. The predicted molar refractivity (Wildman–Crippen MR) is 86.7 cm³/mol. The SMILES string of the molecule is COc1cc(C=C2C(=O)ON=C2c2ccccc2)cc(Cl)c1O. The summed E-state index contributed by atoms with van der Waals surface area (Å²) in [5.74, 6) is -0.483. The molecule has 23 heavy (non-hydrogen) atoms. The third-order valence-corrected chi connectivity index (χ3v) is 3.61. The number of carbonyl (C=O) groups is 1. The number of benzene rings is 2. The Balaban J connectivity index is 2.06. The van der Waals surface area contributed by atoms with Crippen molar-refractivity contribution >= 4 is 29.4 Å². The van der Waals surface area contributed by atoms with E-state index >= 15 is 0 Å². The summed E-state index contributed by atoms with van der Waals surface area (Å²) in [5.41, 5.74) is 2.10. The van der Waals surface area contributed by atoms with E-state index in [0.29, 0.717) is 16.8 Å². The predicted octanol–water partition coefficient (Wildman–Crippen LogP) is 3.40. The molecule has 0 radical (unpaired) electrons. The topological polar surface area (TPSA) is 68.1 Å². The minimum absolute atomic E-state index is 0.126. The Bertz CT molecular complexity index is 828. The average Bonchev–Trinajstić information content (AvgIpc) is 2.92. The molecule has 1 heterocycles. The number of hydrogen-bond donors (Lipinski definition) is 1. The van der Waals surface area contributed by atoms with Crippen LogP contribution in [0.2, 0.25) is 5.02 Å². The van der Waals surface area contributed by atoms with Crippen LogP contribution in [0.15, 0.2) is 53.2 Å². The van der Waals surface area contributed by atoms with E-state index in [9.17, 15) is 9.90 Å². The third kappa shape index (κ3) is 2.91. The monoisotopic (exact) mass is 329 g/mol. The highest BCUT2D eigenvalue weighted by molar-refractivity contribution is 6.33. The second-order valence-corrected chi connectivity index (χ2v) is 5.20. The van der Waals surface area contributed by atoms with Crippen molar-refractivity contribution in [2.75, 3.05) is 7.11 Å². The zero-order valence-corrected chi connectivity index (χ0v) is 12.9. The van der Waals surface area contributed by atoms with Gasteiger partial charge in [0.2, 0.25) is 0 Å². The summed E-state index contributed by atoms with van der Waals surface area (Å²) < 4.78 is 5.06. The number of phenolic OH excluding ortho intramolecular Hbond substituents is 1. The third-order valence-electron chi connectivity index (χ3n) is 3.32. The van der Waals surface area contributed by atoms with Crippen LogP contribution in [-0.2, 0) is 9.63 Å². The molecule has 0 saturated heterocycles. The van der Waals surface area contributed by atoms with Crippen molar-refractivity contribution in [2.24, 2.45) is 5.16 Å². The van der Waals surface area contributed by atoms with E-state index in [1.54, 1.807) is 12.1 Å². The summed E-state index contributed by atoms with van der Waals surface area (Å²) in [5, 5.41) is 13.7. The van der Waals surface area contributed by atoms with Crippen molar-refractivity contribution in [1.82, 2.24) is 0 Å². The van der Waals surface area contributed by atoms with E-state index in [1.165, 1.54) is 13.2 Å². The van der Waals surface area contributed by atoms with Crippen molar-refractivity contribution in [3.8, 4) is 11.5 Å². The Hall–Kier alpha value is -2.79. The van der Waals surface area contributed by atoms with Gasteiger partial charge in [-0.05, 0) is 23.8 Å². The molecule has 1 N–H and O–H groups in total. The van der Waals surface area contributed by atoms with E-state index in [4.69, 9.17) is 21.2 Å². The maximum Gasteiger partial charge on any atom is 0.368 e. The van der Waals surface area contributed by atoms with Crippen molar-refractivity contribution in [3.63, 3.8) is 0 Å². The fourth-order valence-corrected chi connectivity index (χ4v) is 2.43. The minimum Gasteiger partial charge on any atom is -0.503 e. The standard InChI is InChI=1S/C17H12ClNO4/c1-22-14-9-10(8-13(18)16(14)20)7-12-15(19-23-17(12)21)11-5-3-2-4-6-11/h2-9,20H,1H3. The van der Waals surface area contributed by atoms with E-state index in [-0.39, 0.29) is 16.5 Å². The molecule has 0 aromatic heterocycles. The van der Waals surface area contributed by atoms with Gasteiger partial charge in [0.1, 0.15) is 5.71 Å². The number of methoxy groups -OCH3 is 1. The normalized spacial score (nSPS) is 15.5. The van der Waals surface area contributed by atoms with Crippen LogP contribution in [0.1, 0.15) is 11.1 Å². The minimum atomic E-state index is -0.549. The molecular formula is C17H12ClNO4. The average molecular weight is 330 g/mol. The Morgan fingerprint density at radius 3 is 2.70 bits per heavy atom. The van der Waals surface area contributed by atoms with Gasteiger partial charge < -0.3 is 14.7 Å². The van der Waals surface area contributed by atoms with Crippen molar-refractivity contribution < 1.29 is 19.5 Å². The van der Waals surface area contributed by atoms with Crippen molar-refractivity contribution in [3.05, 3.63) is 64.2 Å². The number of rotatable bonds is 3. The van der Waals surface area contributed by atoms with Gasteiger partial charge in [0.05, 0.1) is 17.7 Å². The van der Waals surface area contributed by atoms with E-state index in [0.717, 1.165) is 5.56 Å². The molecule has 2 aromatic carbocycles. The van der Waals surface area contributed by atoms with Gasteiger partial charge in [-0.15, -0.1) is 0 Å². The van der Waals surface area contributed by atoms with Crippen LogP contribution in [-0.4, -0.2) is 23.9 Å². The molecule has 1 aliphatic rings. The summed E-state index contributed by atoms with van der Waals surface area (Å²) in [4.78, 5) is 16.7. The van der Waals surface area contributed by atoms with Crippen LogP contribution >= 0.6 is 11.6 Å². The Kier molecular flexibility index (Phi) is 4.04. The largest absolute Gasteiger partial charge is 0.503 e. The van der Waals surface area contributed by atoms with Gasteiger partial charge in [-0.2, -0.15) is 0 Å². The lowest BCUT2D eigenvalue weighted by molar-refractivity contribution is -0.136. The van der Waals surface area contributed by atoms with Gasteiger partial charge in [-0.1, -0.05) is 47.1 Å². The highest BCUT2D eigenvalue weighted by atomic mass is 35.5. The highest BCUT2D eigenvalue weighted by Crippen LogP contribution is 2.36. The number of phenols is 1. The van der Waals surface area contributed by atoms with Gasteiger partial charge in [0.15, 0.2) is 11.5 Å². The molecule has 0 bridgehead atoms.